The minimum Gasteiger partial charge on any atom is -0.309 e. The number of benzene rings is 1. The van der Waals surface area contributed by atoms with Crippen LogP contribution in [0.3, 0.4) is 0 Å². The van der Waals surface area contributed by atoms with E-state index in [0.717, 1.165) is 28.6 Å². The molecule has 2 rings (SSSR count). The monoisotopic (exact) mass is 400 g/mol. The molecule has 0 aliphatic rings. The van der Waals surface area contributed by atoms with Crippen LogP contribution >= 0.6 is 34.4 Å². The number of aromatic amines is 1. The van der Waals surface area contributed by atoms with Gasteiger partial charge in [-0.15, -0.1) is 0 Å². The Morgan fingerprint density at radius 3 is 2.65 bits per heavy atom. The van der Waals surface area contributed by atoms with Gasteiger partial charge in [-0.2, -0.15) is 11.8 Å². The summed E-state index contributed by atoms with van der Waals surface area (Å²) in [7, 11) is 0. The van der Waals surface area contributed by atoms with E-state index < -0.39 is 0 Å². The van der Waals surface area contributed by atoms with E-state index in [1.807, 2.05) is 30.3 Å². The average molecular weight is 400 g/mol. The fourth-order valence-corrected chi connectivity index (χ4v) is 3.24. The lowest BCUT2D eigenvalue weighted by molar-refractivity contribution is 0.749. The van der Waals surface area contributed by atoms with Crippen molar-refractivity contribution in [2.75, 3.05) is 5.75 Å². The van der Waals surface area contributed by atoms with Crippen molar-refractivity contribution in [1.82, 2.24) is 9.97 Å². The van der Waals surface area contributed by atoms with E-state index in [-0.39, 0.29) is 5.56 Å². The van der Waals surface area contributed by atoms with Crippen LogP contribution in [0.25, 0.3) is 11.3 Å². The Bertz CT molecular complexity index is 626. The molecule has 1 aromatic heterocycles. The Labute approximate surface area is 136 Å². The van der Waals surface area contributed by atoms with Gasteiger partial charge < -0.3 is 4.98 Å². The summed E-state index contributed by atoms with van der Waals surface area (Å²) in [5.41, 5.74) is 1.70. The molecule has 0 aliphatic carbocycles. The second-order valence-electron chi connectivity index (χ2n) is 4.95. The van der Waals surface area contributed by atoms with Crippen LogP contribution in [0.5, 0.6) is 0 Å². The summed E-state index contributed by atoms with van der Waals surface area (Å²) in [5.74, 6) is 3.20. The number of rotatable bonds is 5. The summed E-state index contributed by atoms with van der Waals surface area (Å²) < 4.78 is 0.645. The number of nitrogens with one attached hydrogen (secondary N) is 1. The van der Waals surface area contributed by atoms with Gasteiger partial charge in [-0.1, -0.05) is 44.2 Å². The smallest absolute Gasteiger partial charge is 0.264 e. The van der Waals surface area contributed by atoms with Gasteiger partial charge >= 0.3 is 0 Å². The topological polar surface area (TPSA) is 45.8 Å². The number of hydrogen-bond acceptors (Lipinski definition) is 3. The lowest BCUT2D eigenvalue weighted by atomic mass is 10.1. The van der Waals surface area contributed by atoms with Crippen molar-refractivity contribution in [2.45, 2.75) is 19.6 Å². The van der Waals surface area contributed by atoms with E-state index in [9.17, 15) is 4.79 Å². The maximum absolute atomic E-state index is 12.0. The molecule has 0 aliphatic heterocycles. The van der Waals surface area contributed by atoms with E-state index in [4.69, 9.17) is 0 Å². The number of thioether (sulfide) groups is 1. The van der Waals surface area contributed by atoms with Gasteiger partial charge in [0.05, 0.1) is 11.4 Å². The average Bonchev–Trinajstić information content (AvgIpc) is 2.43. The third kappa shape index (κ3) is 4.09. The van der Waals surface area contributed by atoms with E-state index in [0.29, 0.717) is 9.49 Å². The summed E-state index contributed by atoms with van der Waals surface area (Å²) in [6.45, 7) is 4.37. The zero-order valence-electron chi connectivity index (χ0n) is 11.5. The second-order valence-corrected chi connectivity index (χ2v) is 7.06. The number of nitrogens with zero attached hydrogens (tertiary/aromatic N) is 1. The summed E-state index contributed by atoms with van der Waals surface area (Å²) in [5, 5.41) is 0. The van der Waals surface area contributed by atoms with Crippen LogP contribution in [0.4, 0.5) is 0 Å². The molecule has 0 unspecified atom stereocenters. The summed E-state index contributed by atoms with van der Waals surface area (Å²) >= 11 is 3.86. The Morgan fingerprint density at radius 2 is 2.00 bits per heavy atom. The van der Waals surface area contributed by atoms with Crippen molar-refractivity contribution in [3.8, 4) is 11.3 Å². The molecular formula is C15H17IN2OS. The number of H-pyrrole nitrogens is 1. The Balaban J connectivity index is 2.29. The molecule has 1 aromatic carbocycles. The van der Waals surface area contributed by atoms with Gasteiger partial charge in [0.25, 0.3) is 5.56 Å². The molecule has 3 nitrogen and oxygen atoms in total. The molecule has 0 saturated heterocycles. The standard InChI is InChI=1S/C15H17IN2OS/c1-10(2)8-20-9-12-17-14(13(16)15(19)18-12)11-6-4-3-5-7-11/h3-7,10H,8-9H2,1-2H3,(H,17,18,19). The highest BCUT2D eigenvalue weighted by Crippen LogP contribution is 2.21. The molecule has 0 fully saturated rings. The normalized spacial score (nSPS) is 11.0. The molecule has 0 spiro atoms. The van der Waals surface area contributed by atoms with E-state index in [2.05, 4.69) is 46.4 Å². The molecular weight excluding hydrogens is 383 g/mol. The van der Waals surface area contributed by atoms with Crippen LogP contribution in [-0.2, 0) is 5.75 Å². The molecule has 2 aromatic rings. The van der Waals surface area contributed by atoms with Crippen molar-refractivity contribution < 1.29 is 0 Å². The zero-order valence-corrected chi connectivity index (χ0v) is 14.5. The van der Waals surface area contributed by atoms with Crippen LogP contribution in [0.15, 0.2) is 35.1 Å². The summed E-state index contributed by atoms with van der Waals surface area (Å²) in [6, 6.07) is 9.84. The fraction of sp³-hybridized carbons (Fsp3) is 0.333. The first-order chi connectivity index (χ1) is 9.58. The molecule has 1 N–H and O–H groups in total. The maximum atomic E-state index is 12.0. The summed E-state index contributed by atoms with van der Waals surface area (Å²) in [6.07, 6.45) is 0. The van der Waals surface area contributed by atoms with Gasteiger partial charge in [-0.3, -0.25) is 4.79 Å². The van der Waals surface area contributed by atoms with Crippen LogP contribution in [0.1, 0.15) is 19.7 Å². The molecule has 0 radical (unpaired) electrons. The molecule has 1 heterocycles. The van der Waals surface area contributed by atoms with Gasteiger partial charge in [0.15, 0.2) is 0 Å². The largest absolute Gasteiger partial charge is 0.309 e. The van der Waals surface area contributed by atoms with E-state index in [1.54, 1.807) is 11.8 Å². The Kier molecular flexibility index (Phi) is 5.65. The predicted molar refractivity (Wildman–Crippen MR) is 94.0 cm³/mol. The first-order valence-electron chi connectivity index (χ1n) is 6.49. The van der Waals surface area contributed by atoms with Crippen molar-refractivity contribution in [3.63, 3.8) is 0 Å². The summed E-state index contributed by atoms with van der Waals surface area (Å²) in [4.78, 5) is 19.5. The van der Waals surface area contributed by atoms with Gasteiger partial charge in [-0.05, 0) is 34.3 Å². The lowest BCUT2D eigenvalue weighted by Crippen LogP contribution is -2.16. The first-order valence-corrected chi connectivity index (χ1v) is 8.73. The maximum Gasteiger partial charge on any atom is 0.264 e. The van der Waals surface area contributed by atoms with Crippen LogP contribution < -0.4 is 5.56 Å². The SMILES string of the molecule is CC(C)CSCc1nc(-c2ccccc2)c(I)c(=O)[nH]1. The van der Waals surface area contributed by atoms with Gasteiger partial charge in [-0.25, -0.2) is 4.98 Å². The van der Waals surface area contributed by atoms with Gasteiger partial charge in [0, 0.05) is 5.56 Å². The highest BCUT2D eigenvalue weighted by Gasteiger charge is 2.11. The highest BCUT2D eigenvalue weighted by atomic mass is 127. The molecule has 0 saturated carbocycles. The van der Waals surface area contributed by atoms with Crippen LogP contribution in [-0.4, -0.2) is 15.7 Å². The van der Waals surface area contributed by atoms with Gasteiger partial charge in [0.2, 0.25) is 0 Å². The minimum atomic E-state index is -0.0559. The molecule has 0 bridgehead atoms. The zero-order chi connectivity index (χ0) is 14.5. The van der Waals surface area contributed by atoms with Crippen molar-refractivity contribution in [1.29, 1.82) is 0 Å². The van der Waals surface area contributed by atoms with Crippen molar-refractivity contribution >= 4 is 34.4 Å². The third-order valence-electron chi connectivity index (χ3n) is 2.65. The minimum absolute atomic E-state index is 0.0559. The van der Waals surface area contributed by atoms with E-state index >= 15 is 0 Å². The van der Waals surface area contributed by atoms with Gasteiger partial charge in [0.1, 0.15) is 9.39 Å². The van der Waals surface area contributed by atoms with Crippen molar-refractivity contribution in [3.05, 3.63) is 50.1 Å². The number of halogens is 1. The highest BCUT2D eigenvalue weighted by molar-refractivity contribution is 14.1. The molecule has 0 amide bonds. The molecule has 20 heavy (non-hydrogen) atoms. The first kappa shape index (κ1) is 15.6. The predicted octanol–water partition coefficient (Wildman–Crippen LogP) is 3.93. The molecule has 106 valence electrons. The molecule has 0 atom stereocenters. The lowest BCUT2D eigenvalue weighted by Gasteiger charge is -2.08. The number of aromatic nitrogens is 2. The van der Waals surface area contributed by atoms with Crippen LogP contribution in [0, 0.1) is 9.49 Å². The second kappa shape index (κ2) is 7.26. The Hall–Kier alpha value is -0.820. The molecule has 5 heteroatoms. The van der Waals surface area contributed by atoms with Crippen LogP contribution in [0.2, 0.25) is 0 Å². The number of hydrogen-bond donors (Lipinski definition) is 1. The van der Waals surface area contributed by atoms with Crippen molar-refractivity contribution in [2.24, 2.45) is 5.92 Å². The Morgan fingerprint density at radius 1 is 1.30 bits per heavy atom. The fourth-order valence-electron chi connectivity index (χ4n) is 1.75. The van der Waals surface area contributed by atoms with E-state index in [1.165, 1.54) is 0 Å². The third-order valence-corrected chi connectivity index (χ3v) is 5.03. The quantitative estimate of drug-likeness (QED) is 0.774.